The van der Waals surface area contributed by atoms with E-state index in [0.717, 1.165) is 16.9 Å². The zero-order valence-electron chi connectivity index (χ0n) is 15.1. The fourth-order valence-electron chi connectivity index (χ4n) is 2.72. The topological polar surface area (TPSA) is 111 Å². The van der Waals surface area contributed by atoms with E-state index in [0.29, 0.717) is 5.69 Å². The smallest absolute Gasteiger partial charge is 0.269 e. The predicted molar refractivity (Wildman–Crippen MR) is 109 cm³/mol. The first-order valence-corrected chi connectivity index (χ1v) is 8.67. The Morgan fingerprint density at radius 1 is 1.03 bits per heavy atom. The molecular weight excluding hydrogens is 370 g/mol. The molecule has 0 amide bonds. The largest absolute Gasteiger partial charge is 0.316 e. The van der Waals surface area contributed by atoms with Gasteiger partial charge in [0.05, 0.1) is 28.7 Å². The van der Waals surface area contributed by atoms with E-state index in [4.69, 9.17) is 0 Å². The van der Waals surface area contributed by atoms with E-state index in [1.165, 1.54) is 12.1 Å². The maximum atomic E-state index is 10.8. The molecule has 2 aromatic heterocycles. The second-order valence-electron chi connectivity index (χ2n) is 5.98. The van der Waals surface area contributed by atoms with Gasteiger partial charge in [-0.1, -0.05) is 30.3 Å². The Labute approximate surface area is 165 Å². The van der Waals surface area contributed by atoms with Crippen molar-refractivity contribution in [2.75, 3.05) is 5.43 Å². The number of hydrazone groups is 1. The Bertz CT molecular complexity index is 1150. The molecule has 4 aromatic rings. The highest BCUT2D eigenvalue weighted by molar-refractivity contribution is 5.79. The molecule has 142 valence electrons. The second-order valence-corrected chi connectivity index (χ2v) is 5.98. The lowest BCUT2D eigenvalue weighted by molar-refractivity contribution is -0.384. The Hall–Kier alpha value is -4.40. The van der Waals surface area contributed by atoms with Crippen LogP contribution in [0.4, 0.5) is 11.6 Å². The van der Waals surface area contributed by atoms with Gasteiger partial charge < -0.3 is 4.57 Å². The number of benzene rings is 2. The van der Waals surface area contributed by atoms with E-state index in [2.05, 4.69) is 25.7 Å². The number of hydrogen-bond acceptors (Lipinski definition) is 7. The van der Waals surface area contributed by atoms with Crippen LogP contribution in [0.1, 0.15) is 5.69 Å². The van der Waals surface area contributed by atoms with E-state index < -0.39 is 4.92 Å². The Morgan fingerprint density at radius 3 is 2.59 bits per heavy atom. The maximum Gasteiger partial charge on any atom is 0.269 e. The van der Waals surface area contributed by atoms with Crippen molar-refractivity contribution in [2.24, 2.45) is 5.10 Å². The number of aromatic nitrogens is 4. The van der Waals surface area contributed by atoms with Crippen molar-refractivity contribution in [1.29, 1.82) is 0 Å². The van der Waals surface area contributed by atoms with E-state index in [1.54, 1.807) is 24.5 Å². The van der Waals surface area contributed by atoms with Crippen LogP contribution >= 0.6 is 0 Å². The number of hydrogen-bond donors (Lipinski definition) is 1. The summed E-state index contributed by atoms with van der Waals surface area (Å²) in [6.07, 6.45) is 5.04. The molecule has 0 bridgehead atoms. The van der Waals surface area contributed by atoms with Gasteiger partial charge in [0, 0.05) is 29.6 Å². The van der Waals surface area contributed by atoms with Gasteiger partial charge in [-0.3, -0.25) is 10.1 Å². The number of nitro benzene ring substituents is 1. The summed E-state index contributed by atoms with van der Waals surface area (Å²) in [6.45, 7) is 0. The van der Waals surface area contributed by atoms with Gasteiger partial charge >= 0.3 is 0 Å². The molecule has 2 aromatic carbocycles. The third-order valence-electron chi connectivity index (χ3n) is 4.11. The van der Waals surface area contributed by atoms with Crippen molar-refractivity contribution < 1.29 is 4.92 Å². The summed E-state index contributed by atoms with van der Waals surface area (Å²) in [5, 5.41) is 22.9. The highest BCUT2D eigenvalue weighted by Crippen LogP contribution is 2.17. The van der Waals surface area contributed by atoms with Crippen molar-refractivity contribution in [3.8, 4) is 16.9 Å². The lowest BCUT2D eigenvalue weighted by Gasteiger charge is -2.06. The van der Waals surface area contributed by atoms with Crippen molar-refractivity contribution in [1.82, 2.24) is 19.7 Å². The van der Waals surface area contributed by atoms with Crippen molar-refractivity contribution in [3.63, 3.8) is 0 Å². The summed E-state index contributed by atoms with van der Waals surface area (Å²) in [5.41, 5.74) is 6.00. The van der Waals surface area contributed by atoms with Gasteiger partial charge in [0.2, 0.25) is 0 Å². The molecule has 9 nitrogen and oxygen atoms in total. The number of anilines is 1. The molecule has 0 spiro atoms. The molecule has 0 aliphatic rings. The van der Waals surface area contributed by atoms with Gasteiger partial charge in [-0.2, -0.15) is 10.2 Å². The monoisotopic (exact) mass is 385 g/mol. The van der Waals surface area contributed by atoms with Gasteiger partial charge in [0.25, 0.3) is 11.6 Å². The molecule has 2 heterocycles. The van der Waals surface area contributed by atoms with Crippen molar-refractivity contribution >= 4 is 17.9 Å². The first kappa shape index (κ1) is 18.0. The lowest BCUT2D eigenvalue weighted by atomic mass is 10.2. The molecule has 0 aliphatic carbocycles. The second kappa shape index (κ2) is 8.09. The van der Waals surface area contributed by atoms with E-state index >= 15 is 0 Å². The normalized spacial score (nSPS) is 10.9. The SMILES string of the molecule is O=[N+]([O-])c1ccc(-n2cccc2/C=N/Nc2nncc(-c3ccccc3)n2)cc1. The molecule has 29 heavy (non-hydrogen) atoms. The fourth-order valence-corrected chi connectivity index (χ4v) is 2.72. The van der Waals surface area contributed by atoms with Crippen LogP contribution in [0.2, 0.25) is 0 Å². The van der Waals surface area contributed by atoms with Crippen LogP contribution in [-0.4, -0.2) is 30.9 Å². The molecule has 1 N–H and O–H groups in total. The van der Waals surface area contributed by atoms with Crippen LogP contribution in [0.3, 0.4) is 0 Å². The number of non-ortho nitro benzene ring substituents is 1. The van der Waals surface area contributed by atoms with E-state index in [1.807, 2.05) is 53.2 Å². The van der Waals surface area contributed by atoms with Crippen LogP contribution in [0, 0.1) is 10.1 Å². The summed E-state index contributed by atoms with van der Waals surface area (Å²) in [5.74, 6) is 0.274. The molecule has 0 atom stereocenters. The molecule has 0 aliphatic heterocycles. The highest BCUT2D eigenvalue weighted by atomic mass is 16.6. The molecule has 0 fully saturated rings. The third kappa shape index (κ3) is 4.14. The molecular formula is C20H15N7O2. The summed E-state index contributed by atoms with van der Waals surface area (Å²) in [7, 11) is 0. The zero-order chi connectivity index (χ0) is 20.1. The van der Waals surface area contributed by atoms with Gasteiger partial charge in [0.15, 0.2) is 0 Å². The van der Waals surface area contributed by atoms with Crippen LogP contribution in [0.5, 0.6) is 0 Å². The standard InChI is InChI=1S/C20H15N7O2/c28-27(29)17-10-8-16(9-11-17)26-12-4-7-18(26)13-21-24-20-23-19(14-22-25-20)15-5-2-1-3-6-15/h1-14H,(H,23,24,25)/b21-13+. The lowest BCUT2D eigenvalue weighted by Crippen LogP contribution is -2.02. The van der Waals surface area contributed by atoms with Crippen LogP contribution in [0.15, 0.2) is 84.2 Å². The summed E-state index contributed by atoms with van der Waals surface area (Å²) >= 11 is 0. The van der Waals surface area contributed by atoms with Gasteiger partial charge in [-0.05, 0) is 24.3 Å². The van der Waals surface area contributed by atoms with Gasteiger partial charge in [0.1, 0.15) is 0 Å². The predicted octanol–water partition coefficient (Wildman–Crippen LogP) is 3.68. The minimum atomic E-state index is -0.427. The molecule has 4 rings (SSSR count). The Kier molecular flexibility index (Phi) is 5.02. The van der Waals surface area contributed by atoms with Gasteiger partial charge in [-0.25, -0.2) is 10.4 Å². The molecule has 0 saturated heterocycles. The van der Waals surface area contributed by atoms with E-state index in [-0.39, 0.29) is 11.6 Å². The number of nitrogens with zero attached hydrogens (tertiary/aromatic N) is 6. The minimum absolute atomic E-state index is 0.0423. The van der Waals surface area contributed by atoms with Crippen LogP contribution in [-0.2, 0) is 0 Å². The van der Waals surface area contributed by atoms with Gasteiger partial charge in [-0.15, -0.1) is 5.10 Å². The molecule has 0 saturated carbocycles. The maximum absolute atomic E-state index is 10.8. The summed E-state index contributed by atoms with van der Waals surface area (Å²) < 4.78 is 1.86. The third-order valence-corrected chi connectivity index (χ3v) is 4.11. The molecule has 0 radical (unpaired) electrons. The van der Waals surface area contributed by atoms with Crippen molar-refractivity contribution in [3.05, 3.63) is 94.9 Å². The number of nitrogens with one attached hydrogen (secondary N) is 1. The molecule has 9 heteroatoms. The number of rotatable bonds is 6. The van der Waals surface area contributed by atoms with Crippen LogP contribution < -0.4 is 5.43 Å². The Morgan fingerprint density at radius 2 is 1.83 bits per heavy atom. The minimum Gasteiger partial charge on any atom is -0.316 e. The average Bonchev–Trinajstić information content (AvgIpc) is 3.23. The first-order valence-electron chi connectivity index (χ1n) is 8.67. The zero-order valence-corrected chi connectivity index (χ0v) is 15.1. The summed E-state index contributed by atoms with van der Waals surface area (Å²) in [4.78, 5) is 14.8. The molecule has 0 unspecified atom stereocenters. The Balaban J connectivity index is 1.50. The average molecular weight is 385 g/mol. The van der Waals surface area contributed by atoms with E-state index in [9.17, 15) is 10.1 Å². The summed E-state index contributed by atoms with van der Waals surface area (Å²) in [6, 6.07) is 19.7. The van der Waals surface area contributed by atoms with Crippen molar-refractivity contribution in [2.45, 2.75) is 0 Å². The van der Waals surface area contributed by atoms with Crippen LogP contribution in [0.25, 0.3) is 16.9 Å². The quantitative estimate of drug-likeness (QED) is 0.308. The fraction of sp³-hybridized carbons (Fsp3) is 0. The highest BCUT2D eigenvalue weighted by Gasteiger charge is 2.07. The first-order chi connectivity index (χ1) is 14.2. The number of nitro groups is 1.